The number of Topliss-reactive ketones (excluding diaryl/α,β-unsaturated/α-hetero) is 1. The first kappa shape index (κ1) is 9.15. The lowest BCUT2D eigenvalue weighted by molar-refractivity contribution is -0.144. The number of halogens is 1. The van der Waals surface area contributed by atoms with Crippen LogP contribution < -0.4 is 0 Å². The molecule has 0 amide bonds. The molecular formula is C10H5BrO3. The van der Waals surface area contributed by atoms with E-state index in [0.717, 1.165) is 0 Å². The lowest BCUT2D eigenvalue weighted by Gasteiger charge is -2.00. The molecule has 0 aromatic heterocycles. The van der Waals surface area contributed by atoms with Crippen molar-refractivity contribution in [2.45, 2.75) is 0 Å². The fraction of sp³-hybridized carbons (Fsp3) is 0. The van der Waals surface area contributed by atoms with Gasteiger partial charge in [0.05, 0.1) is 0 Å². The van der Waals surface area contributed by atoms with E-state index in [2.05, 4.69) is 15.9 Å². The standard InChI is InChI=1S/C10H5BrO3/c11-7-8(12)10(13)14-9(7)6-4-2-1-3-5-6/h1-5H. The van der Waals surface area contributed by atoms with Crippen molar-refractivity contribution in [2.24, 2.45) is 0 Å². The highest BCUT2D eigenvalue weighted by molar-refractivity contribution is 9.12. The summed E-state index contributed by atoms with van der Waals surface area (Å²) in [4.78, 5) is 22.0. The summed E-state index contributed by atoms with van der Waals surface area (Å²) in [6.07, 6.45) is 0. The molecule has 0 saturated heterocycles. The van der Waals surface area contributed by atoms with Crippen molar-refractivity contribution in [3.63, 3.8) is 0 Å². The molecule has 3 nitrogen and oxygen atoms in total. The second-order valence-electron chi connectivity index (χ2n) is 2.73. The van der Waals surface area contributed by atoms with Crippen LogP contribution in [0.1, 0.15) is 5.56 Å². The minimum Gasteiger partial charge on any atom is -0.418 e. The van der Waals surface area contributed by atoms with Gasteiger partial charge in [0.15, 0.2) is 5.76 Å². The van der Waals surface area contributed by atoms with E-state index < -0.39 is 11.8 Å². The molecule has 0 aliphatic carbocycles. The minimum atomic E-state index is -0.837. The molecule has 0 spiro atoms. The molecule has 1 aromatic rings. The first-order valence-electron chi connectivity index (χ1n) is 3.92. The van der Waals surface area contributed by atoms with Gasteiger partial charge in [-0.05, 0) is 15.9 Å². The van der Waals surface area contributed by atoms with Crippen LogP contribution in [0, 0.1) is 0 Å². The average Bonchev–Trinajstić information content (AvgIpc) is 2.47. The molecule has 0 radical (unpaired) electrons. The molecule has 2 rings (SSSR count). The summed E-state index contributed by atoms with van der Waals surface area (Å²) in [5.74, 6) is -1.18. The molecule has 0 N–H and O–H groups in total. The Kier molecular flexibility index (Phi) is 2.21. The Morgan fingerprint density at radius 3 is 2.21 bits per heavy atom. The van der Waals surface area contributed by atoms with E-state index in [1.54, 1.807) is 24.3 Å². The number of rotatable bonds is 1. The Bertz CT molecular complexity index is 434. The van der Waals surface area contributed by atoms with Crippen molar-refractivity contribution >= 4 is 33.4 Å². The Morgan fingerprint density at radius 2 is 1.71 bits per heavy atom. The molecule has 0 saturated carbocycles. The van der Waals surface area contributed by atoms with Crippen LogP contribution in [0.25, 0.3) is 5.76 Å². The van der Waals surface area contributed by atoms with Crippen LogP contribution in [-0.4, -0.2) is 11.8 Å². The summed E-state index contributed by atoms with van der Waals surface area (Å²) in [5, 5.41) is 0. The summed E-state index contributed by atoms with van der Waals surface area (Å²) in [5.41, 5.74) is 0.707. The Labute approximate surface area is 88.5 Å². The summed E-state index contributed by atoms with van der Waals surface area (Å²) in [6.45, 7) is 0. The third-order valence-electron chi connectivity index (χ3n) is 1.81. The molecule has 70 valence electrons. The normalized spacial score (nSPS) is 16.1. The molecule has 1 heterocycles. The number of esters is 1. The van der Waals surface area contributed by atoms with Crippen LogP contribution in [0.5, 0.6) is 0 Å². The zero-order valence-electron chi connectivity index (χ0n) is 6.99. The van der Waals surface area contributed by atoms with E-state index in [0.29, 0.717) is 11.3 Å². The number of hydrogen-bond acceptors (Lipinski definition) is 3. The summed E-state index contributed by atoms with van der Waals surface area (Å²) >= 11 is 3.03. The van der Waals surface area contributed by atoms with Crippen molar-refractivity contribution in [1.82, 2.24) is 0 Å². The van der Waals surface area contributed by atoms with Gasteiger partial charge < -0.3 is 4.74 Å². The molecule has 0 fully saturated rings. The smallest absolute Gasteiger partial charge is 0.385 e. The van der Waals surface area contributed by atoms with E-state index in [9.17, 15) is 9.59 Å². The predicted molar refractivity (Wildman–Crippen MR) is 53.4 cm³/mol. The second kappa shape index (κ2) is 3.38. The number of benzene rings is 1. The monoisotopic (exact) mass is 252 g/mol. The maximum absolute atomic E-state index is 11.1. The zero-order chi connectivity index (χ0) is 10.1. The molecule has 1 aromatic carbocycles. The number of ketones is 1. The van der Waals surface area contributed by atoms with Gasteiger partial charge in [0.1, 0.15) is 4.48 Å². The molecule has 0 bridgehead atoms. The second-order valence-corrected chi connectivity index (χ2v) is 3.52. The highest BCUT2D eigenvalue weighted by Crippen LogP contribution is 2.30. The van der Waals surface area contributed by atoms with Crippen molar-refractivity contribution in [2.75, 3.05) is 0 Å². The van der Waals surface area contributed by atoms with Crippen LogP contribution >= 0.6 is 15.9 Å². The largest absolute Gasteiger partial charge is 0.418 e. The molecule has 1 aliphatic rings. The van der Waals surface area contributed by atoms with Crippen LogP contribution in [-0.2, 0) is 14.3 Å². The predicted octanol–water partition coefficient (Wildman–Crippen LogP) is 1.88. The Morgan fingerprint density at radius 1 is 1.07 bits per heavy atom. The maximum Gasteiger partial charge on any atom is 0.385 e. The Balaban J connectivity index is 2.47. The van der Waals surface area contributed by atoms with Crippen LogP contribution in [0.3, 0.4) is 0 Å². The highest BCUT2D eigenvalue weighted by Gasteiger charge is 2.32. The van der Waals surface area contributed by atoms with Crippen molar-refractivity contribution in [3.05, 3.63) is 40.4 Å². The molecule has 14 heavy (non-hydrogen) atoms. The lowest BCUT2D eigenvalue weighted by Crippen LogP contribution is -2.07. The summed E-state index contributed by atoms with van der Waals surface area (Å²) < 4.78 is 5.00. The van der Waals surface area contributed by atoms with Crippen LogP contribution in [0.15, 0.2) is 34.8 Å². The minimum absolute atomic E-state index is 0.189. The number of ether oxygens (including phenoxy) is 1. The molecule has 4 heteroatoms. The third-order valence-corrected chi connectivity index (χ3v) is 2.54. The van der Waals surface area contributed by atoms with E-state index in [1.807, 2.05) is 6.07 Å². The summed E-state index contributed by atoms with van der Waals surface area (Å²) in [6, 6.07) is 8.99. The van der Waals surface area contributed by atoms with Crippen molar-refractivity contribution < 1.29 is 14.3 Å². The maximum atomic E-state index is 11.1. The molecular weight excluding hydrogens is 248 g/mol. The van der Waals surface area contributed by atoms with Gasteiger partial charge in [-0.25, -0.2) is 4.79 Å². The van der Waals surface area contributed by atoms with Gasteiger partial charge in [-0.2, -0.15) is 0 Å². The average molecular weight is 253 g/mol. The first-order valence-corrected chi connectivity index (χ1v) is 4.71. The molecule has 0 atom stereocenters. The van der Waals surface area contributed by atoms with Gasteiger partial charge in [0.25, 0.3) is 5.78 Å². The quantitative estimate of drug-likeness (QED) is 0.566. The third kappa shape index (κ3) is 1.37. The number of carbonyl (C=O) groups excluding carboxylic acids is 2. The zero-order valence-corrected chi connectivity index (χ0v) is 8.58. The first-order chi connectivity index (χ1) is 6.70. The van der Waals surface area contributed by atoms with Crippen molar-refractivity contribution in [3.8, 4) is 0 Å². The van der Waals surface area contributed by atoms with Gasteiger partial charge in [-0.15, -0.1) is 0 Å². The highest BCUT2D eigenvalue weighted by atomic mass is 79.9. The fourth-order valence-electron chi connectivity index (χ4n) is 1.15. The fourth-order valence-corrected chi connectivity index (χ4v) is 1.62. The van der Waals surface area contributed by atoms with E-state index in [1.165, 1.54) is 0 Å². The SMILES string of the molecule is O=C1OC(c2ccccc2)=C(Br)C1=O. The van der Waals surface area contributed by atoms with Gasteiger partial charge in [0.2, 0.25) is 0 Å². The Hall–Kier alpha value is -1.42. The van der Waals surface area contributed by atoms with Gasteiger partial charge in [0, 0.05) is 5.56 Å². The summed E-state index contributed by atoms with van der Waals surface area (Å²) in [7, 11) is 0. The number of carbonyl (C=O) groups is 2. The van der Waals surface area contributed by atoms with Gasteiger partial charge >= 0.3 is 5.97 Å². The van der Waals surface area contributed by atoms with Gasteiger partial charge in [-0.3, -0.25) is 4.79 Å². The lowest BCUT2D eigenvalue weighted by atomic mass is 10.2. The van der Waals surface area contributed by atoms with Crippen molar-refractivity contribution in [1.29, 1.82) is 0 Å². The van der Waals surface area contributed by atoms with E-state index >= 15 is 0 Å². The molecule has 1 aliphatic heterocycles. The van der Waals surface area contributed by atoms with Crippen LogP contribution in [0.4, 0.5) is 0 Å². The van der Waals surface area contributed by atoms with E-state index in [-0.39, 0.29) is 4.48 Å². The number of hydrogen-bond donors (Lipinski definition) is 0. The van der Waals surface area contributed by atoms with E-state index in [4.69, 9.17) is 4.74 Å². The van der Waals surface area contributed by atoms with Gasteiger partial charge in [-0.1, -0.05) is 30.3 Å². The topological polar surface area (TPSA) is 43.4 Å². The molecule has 0 unspecified atom stereocenters. The van der Waals surface area contributed by atoms with Crippen LogP contribution in [0.2, 0.25) is 0 Å². The number of cyclic esters (lactones) is 1.